The number of hydrogen-bond donors (Lipinski definition) is 1. The first-order valence-corrected chi connectivity index (χ1v) is 9.06. The molecule has 25 heavy (non-hydrogen) atoms. The number of hydrogen-bond acceptors (Lipinski definition) is 3. The molecule has 1 aromatic carbocycles. The van der Waals surface area contributed by atoms with Gasteiger partial charge in [-0.1, -0.05) is 36.8 Å². The van der Waals surface area contributed by atoms with E-state index in [1.165, 1.54) is 5.56 Å². The molecule has 2 aliphatic carbocycles. The van der Waals surface area contributed by atoms with Crippen LogP contribution in [0, 0.1) is 5.41 Å². The van der Waals surface area contributed by atoms with Crippen LogP contribution in [0.5, 0.6) is 0 Å². The molecule has 0 aromatic heterocycles. The first-order valence-electron chi connectivity index (χ1n) is 9.06. The Kier molecular flexibility index (Phi) is 4.52. The Morgan fingerprint density at radius 2 is 1.88 bits per heavy atom. The van der Waals surface area contributed by atoms with E-state index in [0.29, 0.717) is 12.5 Å². The van der Waals surface area contributed by atoms with Gasteiger partial charge in [-0.15, -0.1) is 0 Å². The van der Waals surface area contributed by atoms with Crippen LogP contribution in [0.1, 0.15) is 57.9 Å². The number of nitrogens with two attached hydrogens (primary N) is 1. The molecule has 2 atom stereocenters. The highest BCUT2D eigenvalue weighted by Crippen LogP contribution is 2.48. The zero-order chi connectivity index (χ0) is 18.2. The number of rotatable bonds is 5. The van der Waals surface area contributed by atoms with Gasteiger partial charge in [-0.05, 0) is 45.6 Å². The molecule has 0 spiro atoms. The van der Waals surface area contributed by atoms with E-state index < -0.39 is 11.0 Å². The van der Waals surface area contributed by atoms with Crippen LogP contribution in [0.2, 0.25) is 0 Å². The number of nitrogens with zero attached hydrogens (tertiary/aromatic N) is 1. The average molecular weight is 344 g/mol. The summed E-state index contributed by atoms with van der Waals surface area (Å²) in [4.78, 5) is 26.6. The van der Waals surface area contributed by atoms with Crippen LogP contribution in [0.25, 0.3) is 0 Å². The Morgan fingerprint density at radius 1 is 1.24 bits per heavy atom. The van der Waals surface area contributed by atoms with Gasteiger partial charge in [0.15, 0.2) is 0 Å². The number of primary amides is 1. The minimum Gasteiger partial charge on any atom is -0.444 e. The first kappa shape index (κ1) is 17.8. The standard InChI is InChI=1S/C20H28N2O3/c1-19(2,3)25-18(24)22(13-20(17(21)23)10-7-11-20)16-12-15(16)14-8-5-4-6-9-14/h4-6,8-9,15-16H,7,10-13H2,1-3H3,(H2,21,23)/t15?,16-/m0/s1. The van der Waals surface area contributed by atoms with Gasteiger partial charge in [0.1, 0.15) is 5.60 Å². The predicted octanol–water partition coefficient (Wildman–Crippen LogP) is 3.44. The van der Waals surface area contributed by atoms with Crippen molar-refractivity contribution in [2.45, 2.75) is 64.0 Å². The van der Waals surface area contributed by atoms with E-state index in [-0.39, 0.29) is 18.0 Å². The summed E-state index contributed by atoms with van der Waals surface area (Å²) in [7, 11) is 0. The topological polar surface area (TPSA) is 72.6 Å². The molecule has 0 heterocycles. The second-order valence-corrected chi connectivity index (χ2v) is 8.43. The molecule has 2 N–H and O–H groups in total. The number of amides is 2. The van der Waals surface area contributed by atoms with Crippen LogP contribution in [-0.4, -0.2) is 35.1 Å². The molecule has 0 saturated heterocycles. The maximum absolute atomic E-state index is 12.8. The lowest BCUT2D eigenvalue weighted by Crippen LogP contribution is -2.53. The zero-order valence-corrected chi connectivity index (χ0v) is 15.3. The normalized spacial score (nSPS) is 24.1. The number of benzene rings is 1. The Morgan fingerprint density at radius 3 is 2.36 bits per heavy atom. The van der Waals surface area contributed by atoms with Crippen molar-refractivity contribution in [2.75, 3.05) is 6.54 Å². The summed E-state index contributed by atoms with van der Waals surface area (Å²) in [6, 6.07) is 10.3. The van der Waals surface area contributed by atoms with Crippen molar-refractivity contribution in [3.63, 3.8) is 0 Å². The third-order valence-corrected chi connectivity index (χ3v) is 5.32. The van der Waals surface area contributed by atoms with Gasteiger partial charge in [0.25, 0.3) is 0 Å². The van der Waals surface area contributed by atoms with Crippen LogP contribution in [0.15, 0.2) is 30.3 Å². The highest BCUT2D eigenvalue weighted by Gasteiger charge is 2.52. The number of ether oxygens (including phenoxy) is 1. The van der Waals surface area contributed by atoms with Crippen LogP contribution in [0.3, 0.4) is 0 Å². The molecule has 2 aliphatic rings. The van der Waals surface area contributed by atoms with Crippen LogP contribution >= 0.6 is 0 Å². The SMILES string of the molecule is CC(C)(C)OC(=O)N(CC1(C(N)=O)CCC1)[C@H]1CC1c1ccccc1. The molecule has 3 rings (SSSR count). The van der Waals surface area contributed by atoms with E-state index in [9.17, 15) is 9.59 Å². The summed E-state index contributed by atoms with van der Waals surface area (Å²) in [5, 5.41) is 0. The lowest BCUT2D eigenvalue weighted by Gasteiger charge is -2.42. The van der Waals surface area contributed by atoms with E-state index in [4.69, 9.17) is 10.5 Å². The van der Waals surface area contributed by atoms with Crippen molar-refractivity contribution in [3.05, 3.63) is 35.9 Å². The molecule has 5 heteroatoms. The quantitative estimate of drug-likeness (QED) is 0.889. The summed E-state index contributed by atoms with van der Waals surface area (Å²) in [6.07, 6.45) is 3.05. The molecule has 1 aromatic rings. The molecule has 0 radical (unpaired) electrons. The van der Waals surface area contributed by atoms with Gasteiger partial charge in [0.05, 0.1) is 5.41 Å². The fourth-order valence-electron chi connectivity index (χ4n) is 3.63. The lowest BCUT2D eigenvalue weighted by molar-refractivity contribution is -0.134. The lowest BCUT2D eigenvalue weighted by atomic mass is 9.68. The number of carbonyl (C=O) groups is 2. The summed E-state index contributed by atoms with van der Waals surface area (Å²) >= 11 is 0. The molecule has 0 aliphatic heterocycles. The zero-order valence-electron chi connectivity index (χ0n) is 15.3. The summed E-state index contributed by atoms with van der Waals surface area (Å²) in [5.41, 5.74) is 5.74. The van der Waals surface area contributed by atoms with E-state index in [0.717, 1.165) is 25.7 Å². The maximum Gasteiger partial charge on any atom is 0.410 e. The monoisotopic (exact) mass is 344 g/mol. The van der Waals surface area contributed by atoms with Gasteiger partial charge in [-0.3, -0.25) is 4.79 Å². The van der Waals surface area contributed by atoms with Crippen molar-refractivity contribution in [3.8, 4) is 0 Å². The highest BCUT2D eigenvalue weighted by atomic mass is 16.6. The van der Waals surface area contributed by atoms with Crippen LogP contribution in [-0.2, 0) is 9.53 Å². The second kappa shape index (κ2) is 6.36. The third-order valence-electron chi connectivity index (χ3n) is 5.32. The van der Waals surface area contributed by atoms with Crippen molar-refractivity contribution in [2.24, 2.45) is 11.1 Å². The Labute approximate surface area is 149 Å². The molecular formula is C20H28N2O3. The molecule has 136 valence electrons. The average Bonchev–Trinajstić information content (AvgIpc) is 3.25. The van der Waals surface area contributed by atoms with Gasteiger partial charge < -0.3 is 15.4 Å². The minimum atomic E-state index is -0.583. The van der Waals surface area contributed by atoms with Crippen LogP contribution in [0.4, 0.5) is 4.79 Å². The fourth-order valence-corrected chi connectivity index (χ4v) is 3.63. The van der Waals surface area contributed by atoms with Gasteiger partial charge in [0, 0.05) is 18.5 Å². The van der Waals surface area contributed by atoms with E-state index in [1.807, 2.05) is 39.0 Å². The van der Waals surface area contributed by atoms with E-state index >= 15 is 0 Å². The Hall–Kier alpha value is -2.04. The minimum absolute atomic E-state index is 0.0778. The van der Waals surface area contributed by atoms with Crippen molar-refractivity contribution in [1.82, 2.24) is 4.90 Å². The summed E-state index contributed by atoms with van der Waals surface area (Å²) in [6.45, 7) is 5.94. The van der Waals surface area contributed by atoms with Crippen LogP contribution < -0.4 is 5.73 Å². The van der Waals surface area contributed by atoms with Crippen molar-refractivity contribution >= 4 is 12.0 Å². The largest absolute Gasteiger partial charge is 0.444 e. The maximum atomic E-state index is 12.8. The summed E-state index contributed by atoms with van der Waals surface area (Å²) in [5.74, 6) is 0.00272. The van der Waals surface area contributed by atoms with E-state index in [1.54, 1.807) is 4.90 Å². The third kappa shape index (κ3) is 3.80. The van der Waals surface area contributed by atoms with Gasteiger partial charge in [0.2, 0.25) is 5.91 Å². The summed E-state index contributed by atoms with van der Waals surface area (Å²) < 4.78 is 5.61. The van der Waals surface area contributed by atoms with Gasteiger partial charge in [-0.2, -0.15) is 0 Å². The molecule has 0 bridgehead atoms. The molecule has 2 fully saturated rings. The van der Waals surface area contributed by atoms with Crippen molar-refractivity contribution in [1.29, 1.82) is 0 Å². The first-order chi connectivity index (χ1) is 11.7. The fraction of sp³-hybridized carbons (Fsp3) is 0.600. The Bertz CT molecular complexity index is 647. The predicted molar refractivity (Wildman–Crippen MR) is 96.0 cm³/mol. The molecular weight excluding hydrogens is 316 g/mol. The second-order valence-electron chi connectivity index (χ2n) is 8.43. The molecule has 1 unspecified atom stereocenters. The molecule has 5 nitrogen and oxygen atoms in total. The van der Waals surface area contributed by atoms with Crippen molar-refractivity contribution < 1.29 is 14.3 Å². The molecule has 2 amide bonds. The van der Waals surface area contributed by atoms with Gasteiger partial charge >= 0.3 is 6.09 Å². The smallest absolute Gasteiger partial charge is 0.410 e. The number of carbonyl (C=O) groups excluding carboxylic acids is 2. The molecule has 2 saturated carbocycles. The van der Waals surface area contributed by atoms with Gasteiger partial charge in [-0.25, -0.2) is 4.79 Å². The van der Waals surface area contributed by atoms with E-state index in [2.05, 4.69) is 12.1 Å². The highest BCUT2D eigenvalue weighted by molar-refractivity contribution is 5.83. The Balaban J connectivity index is 1.78.